The molecular formula is C12H15BrClN. The fourth-order valence-electron chi connectivity index (χ4n) is 2.41. The topological polar surface area (TPSA) is 26.0 Å². The van der Waals surface area contributed by atoms with Crippen molar-refractivity contribution in [1.82, 2.24) is 0 Å². The van der Waals surface area contributed by atoms with E-state index in [0.717, 1.165) is 27.9 Å². The van der Waals surface area contributed by atoms with E-state index in [-0.39, 0.29) is 5.54 Å². The summed E-state index contributed by atoms with van der Waals surface area (Å²) in [5.41, 5.74) is 7.33. The van der Waals surface area contributed by atoms with Crippen LogP contribution in [0.4, 0.5) is 0 Å². The van der Waals surface area contributed by atoms with Gasteiger partial charge in [-0.05, 0) is 25.0 Å². The molecule has 2 rings (SSSR count). The minimum atomic E-state index is -0.227. The molecule has 1 saturated carbocycles. The van der Waals surface area contributed by atoms with Crippen LogP contribution in [0.5, 0.6) is 0 Å². The second-order valence-corrected chi connectivity index (χ2v) is 5.57. The van der Waals surface area contributed by atoms with Crippen LogP contribution < -0.4 is 5.73 Å². The van der Waals surface area contributed by atoms with Gasteiger partial charge in [0.25, 0.3) is 0 Å². The van der Waals surface area contributed by atoms with Gasteiger partial charge in [-0.2, -0.15) is 0 Å². The van der Waals surface area contributed by atoms with Gasteiger partial charge >= 0.3 is 0 Å². The molecule has 0 bridgehead atoms. The zero-order valence-corrected chi connectivity index (χ0v) is 10.9. The third kappa shape index (κ3) is 2.22. The van der Waals surface area contributed by atoms with Crippen LogP contribution >= 0.6 is 27.5 Å². The van der Waals surface area contributed by atoms with Gasteiger partial charge < -0.3 is 5.73 Å². The molecule has 0 atom stereocenters. The number of nitrogens with two attached hydrogens (primary N) is 1. The Balaban J connectivity index is 2.42. The van der Waals surface area contributed by atoms with Gasteiger partial charge in [0.2, 0.25) is 0 Å². The number of benzene rings is 1. The summed E-state index contributed by atoms with van der Waals surface area (Å²) in [6, 6.07) is 5.89. The molecule has 0 aliphatic heterocycles. The van der Waals surface area contributed by atoms with Crippen LogP contribution in [0.2, 0.25) is 5.02 Å². The molecule has 15 heavy (non-hydrogen) atoms. The van der Waals surface area contributed by atoms with Crippen molar-refractivity contribution < 1.29 is 0 Å². The molecule has 82 valence electrons. The van der Waals surface area contributed by atoms with E-state index in [1.54, 1.807) is 0 Å². The maximum atomic E-state index is 6.47. The summed E-state index contributed by atoms with van der Waals surface area (Å²) in [5, 5.41) is 0.786. The normalized spacial score (nSPS) is 20.2. The molecule has 0 unspecified atom stereocenters. The fraction of sp³-hybridized carbons (Fsp3) is 0.500. The van der Waals surface area contributed by atoms with E-state index >= 15 is 0 Å². The predicted molar refractivity (Wildman–Crippen MR) is 68.1 cm³/mol. The van der Waals surface area contributed by atoms with E-state index < -0.39 is 0 Å². The van der Waals surface area contributed by atoms with Crippen molar-refractivity contribution in [3.05, 3.63) is 33.3 Å². The molecular weight excluding hydrogens is 273 g/mol. The molecule has 0 amide bonds. The van der Waals surface area contributed by atoms with Crippen LogP contribution in [0.25, 0.3) is 0 Å². The molecule has 0 saturated heterocycles. The molecule has 1 nitrogen and oxygen atoms in total. The van der Waals surface area contributed by atoms with Crippen LogP contribution in [0.1, 0.15) is 37.7 Å². The van der Waals surface area contributed by atoms with Gasteiger partial charge in [-0.1, -0.05) is 52.9 Å². The van der Waals surface area contributed by atoms with Crippen molar-refractivity contribution in [2.24, 2.45) is 5.73 Å². The quantitative estimate of drug-likeness (QED) is 0.822. The van der Waals surface area contributed by atoms with Gasteiger partial charge in [0, 0.05) is 20.6 Å². The Labute approximate surface area is 104 Å². The summed E-state index contributed by atoms with van der Waals surface area (Å²) >= 11 is 9.80. The second-order valence-electron chi connectivity index (χ2n) is 4.31. The Morgan fingerprint density at radius 2 is 1.87 bits per heavy atom. The lowest BCUT2D eigenvalue weighted by Gasteiger charge is -2.35. The third-order valence-electron chi connectivity index (χ3n) is 3.21. The first-order valence-corrected chi connectivity index (χ1v) is 6.54. The average molecular weight is 289 g/mol. The summed E-state index contributed by atoms with van der Waals surface area (Å²) in [6.45, 7) is 0. The molecule has 0 spiro atoms. The maximum absolute atomic E-state index is 6.47. The lowest BCUT2D eigenvalue weighted by Crippen LogP contribution is -2.39. The molecule has 1 aromatic rings. The Morgan fingerprint density at radius 1 is 1.20 bits per heavy atom. The Kier molecular flexibility index (Phi) is 3.39. The molecule has 3 heteroatoms. The van der Waals surface area contributed by atoms with E-state index in [2.05, 4.69) is 15.9 Å². The van der Waals surface area contributed by atoms with Gasteiger partial charge in [0.15, 0.2) is 0 Å². The fourth-order valence-corrected chi connectivity index (χ4v) is 3.64. The standard InChI is InChI=1S/C12H15BrClN/c13-9-5-4-6-10(14)11(9)12(15)7-2-1-3-8-12/h4-6H,1-3,7-8,15H2. The molecule has 1 aliphatic rings. The first-order valence-electron chi connectivity index (χ1n) is 5.37. The van der Waals surface area contributed by atoms with Crippen LogP contribution in [0.15, 0.2) is 22.7 Å². The van der Waals surface area contributed by atoms with E-state index in [9.17, 15) is 0 Å². The summed E-state index contributed by atoms with van der Waals surface area (Å²) in [4.78, 5) is 0. The van der Waals surface area contributed by atoms with Gasteiger partial charge in [-0.25, -0.2) is 0 Å². The zero-order chi connectivity index (χ0) is 10.9. The molecule has 1 aliphatic carbocycles. The lowest BCUT2D eigenvalue weighted by molar-refractivity contribution is 0.301. The Bertz CT molecular complexity index is 338. The summed E-state index contributed by atoms with van der Waals surface area (Å²) in [7, 11) is 0. The van der Waals surface area contributed by atoms with Gasteiger partial charge in [-0.15, -0.1) is 0 Å². The Morgan fingerprint density at radius 3 is 2.47 bits per heavy atom. The number of halogens is 2. The average Bonchev–Trinajstić information content (AvgIpc) is 2.18. The molecule has 2 N–H and O–H groups in total. The van der Waals surface area contributed by atoms with Crippen LogP contribution in [0, 0.1) is 0 Å². The first kappa shape index (κ1) is 11.4. The highest BCUT2D eigenvalue weighted by atomic mass is 79.9. The van der Waals surface area contributed by atoms with Crippen LogP contribution in [0.3, 0.4) is 0 Å². The first-order chi connectivity index (χ1) is 7.13. The highest BCUT2D eigenvalue weighted by Gasteiger charge is 2.32. The number of rotatable bonds is 1. The molecule has 1 aromatic carbocycles. The van der Waals surface area contributed by atoms with Crippen molar-refractivity contribution in [2.45, 2.75) is 37.6 Å². The van der Waals surface area contributed by atoms with E-state index in [1.165, 1.54) is 19.3 Å². The van der Waals surface area contributed by atoms with Crippen molar-refractivity contribution in [2.75, 3.05) is 0 Å². The van der Waals surface area contributed by atoms with E-state index in [0.29, 0.717) is 0 Å². The van der Waals surface area contributed by atoms with Crippen molar-refractivity contribution in [3.63, 3.8) is 0 Å². The smallest absolute Gasteiger partial charge is 0.0467 e. The highest BCUT2D eigenvalue weighted by Crippen LogP contribution is 2.41. The van der Waals surface area contributed by atoms with E-state index in [1.807, 2.05) is 18.2 Å². The summed E-state index contributed by atoms with van der Waals surface area (Å²) in [5.74, 6) is 0. The maximum Gasteiger partial charge on any atom is 0.0467 e. The minimum Gasteiger partial charge on any atom is -0.321 e. The molecule has 0 aromatic heterocycles. The van der Waals surface area contributed by atoms with Gasteiger partial charge in [0.1, 0.15) is 0 Å². The largest absolute Gasteiger partial charge is 0.321 e. The second kappa shape index (κ2) is 4.44. The van der Waals surface area contributed by atoms with Crippen LogP contribution in [-0.2, 0) is 5.54 Å². The molecule has 0 heterocycles. The molecule has 1 fully saturated rings. The SMILES string of the molecule is NC1(c2c(Cl)cccc2Br)CCCCC1. The summed E-state index contributed by atoms with van der Waals surface area (Å²) < 4.78 is 1.04. The summed E-state index contributed by atoms with van der Waals surface area (Å²) in [6.07, 6.45) is 5.77. The van der Waals surface area contributed by atoms with Crippen molar-refractivity contribution in [1.29, 1.82) is 0 Å². The number of hydrogen-bond acceptors (Lipinski definition) is 1. The van der Waals surface area contributed by atoms with Crippen LogP contribution in [-0.4, -0.2) is 0 Å². The zero-order valence-electron chi connectivity index (χ0n) is 8.60. The lowest BCUT2D eigenvalue weighted by atomic mass is 9.77. The molecule has 0 radical (unpaired) electrons. The van der Waals surface area contributed by atoms with Gasteiger partial charge in [0.05, 0.1) is 0 Å². The van der Waals surface area contributed by atoms with Crippen molar-refractivity contribution in [3.8, 4) is 0 Å². The monoisotopic (exact) mass is 287 g/mol. The van der Waals surface area contributed by atoms with Gasteiger partial charge in [-0.3, -0.25) is 0 Å². The number of hydrogen-bond donors (Lipinski definition) is 1. The highest BCUT2D eigenvalue weighted by molar-refractivity contribution is 9.10. The minimum absolute atomic E-state index is 0.227. The predicted octanol–water partition coefficient (Wildman–Crippen LogP) is 4.22. The third-order valence-corrected chi connectivity index (χ3v) is 4.18. The van der Waals surface area contributed by atoms with Crippen molar-refractivity contribution >= 4 is 27.5 Å². The Hall–Kier alpha value is -0.0500. The van der Waals surface area contributed by atoms with E-state index in [4.69, 9.17) is 17.3 Å².